The molecule has 0 saturated heterocycles. The molecule has 2 aromatic carbocycles. The number of rotatable bonds is 6. The Morgan fingerprint density at radius 1 is 1.19 bits per heavy atom. The molecule has 0 unspecified atom stereocenters. The fourth-order valence-electron chi connectivity index (χ4n) is 2.83. The van der Waals surface area contributed by atoms with E-state index in [2.05, 4.69) is 5.32 Å². The number of hydrogen-bond acceptors (Lipinski definition) is 4. The predicted molar refractivity (Wildman–Crippen MR) is 93.5 cm³/mol. The lowest BCUT2D eigenvalue weighted by Crippen LogP contribution is -2.15. The lowest BCUT2D eigenvalue weighted by atomic mass is 9.99. The fraction of sp³-hybridized carbons (Fsp3) is 0.250. The van der Waals surface area contributed by atoms with Crippen LogP contribution < -0.4 is 5.32 Å². The van der Waals surface area contributed by atoms with Gasteiger partial charge in [-0.3, -0.25) is 14.4 Å². The van der Waals surface area contributed by atoms with Gasteiger partial charge in [-0.05, 0) is 48.7 Å². The van der Waals surface area contributed by atoms with Gasteiger partial charge in [0, 0.05) is 17.7 Å². The van der Waals surface area contributed by atoms with Gasteiger partial charge in [0.05, 0.1) is 5.92 Å². The molecule has 26 heavy (non-hydrogen) atoms. The monoisotopic (exact) mass is 355 g/mol. The zero-order valence-electron chi connectivity index (χ0n) is 14.3. The summed E-state index contributed by atoms with van der Waals surface area (Å²) >= 11 is 0. The number of esters is 1. The van der Waals surface area contributed by atoms with Crippen LogP contribution in [0.2, 0.25) is 0 Å². The van der Waals surface area contributed by atoms with Crippen molar-refractivity contribution in [2.45, 2.75) is 25.7 Å². The second-order valence-corrected chi connectivity index (χ2v) is 6.19. The Bertz CT molecular complexity index is 878. The van der Waals surface area contributed by atoms with Crippen LogP contribution in [0, 0.1) is 5.82 Å². The minimum atomic E-state index is -0.562. The lowest BCUT2D eigenvalue weighted by molar-refractivity contribution is -0.142. The summed E-state index contributed by atoms with van der Waals surface area (Å²) in [6, 6.07) is 11.1. The van der Waals surface area contributed by atoms with Gasteiger partial charge in [0.1, 0.15) is 5.82 Å². The summed E-state index contributed by atoms with van der Waals surface area (Å²) in [5, 5.41) is 2.73. The topological polar surface area (TPSA) is 72.5 Å². The first-order valence-electron chi connectivity index (χ1n) is 8.32. The smallest absolute Gasteiger partial charge is 0.306 e. The van der Waals surface area contributed by atoms with Crippen LogP contribution in [0.4, 0.5) is 10.1 Å². The molecule has 6 heteroatoms. The molecule has 2 aromatic rings. The molecule has 1 heterocycles. The van der Waals surface area contributed by atoms with E-state index < -0.39 is 5.97 Å². The van der Waals surface area contributed by atoms with Gasteiger partial charge in [0.2, 0.25) is 5.91 Å². The molecule has 1 aliphatic rings. The third-order valence-corrected chi connectivity index (χ3v) is 4.41. The normalized spacial score (nSPS) is 15.3. The summed E-state index contributed by atoms with van der Waals surface area (Å²) in [6.07, 6.45) is 0.206. The van der Waals surface area contributed by atoms with Crippen LogP contribution in [-0.4, -0.2) is 24.3 Å². The molecule has 0 bridgehead atoms. The van der Waals surface area contributed by atoms with Gasteiger partial charge in [-0.1, -0.05) is 18.2 Å². The lowest BCUT2D eigenvalue weighted by Gasteiger charge is -2.07. The molecule has 0 radical (unpaired) electrons. The number of amides is 1. The third-order valence-electron chi connectivity index (χ3n) is 4.41. The van der Waals surface area contributed by atoms with Gasteiger partial charge >= 0.3 is 5.97 Å². The number of benzene rings is 2. The van der Waals surface area contributed by atoms with Gasteiger partial charge in [-0.25, -0.2) is 4.39 Å². The molecular formula is C20H18FNO4. The van der Waals surface area contributed by atoms with Crippen molar-refractivity contribution in [2.75, 3.05) is 11.9 Å². The summed E-state index contributed by atoms with van der Waals surface area (Å²) in [7, 11) is 0. The standard InChI is InChI=1S/C20H18FNO4/c1-12-15-10-14(6-8-17(15)22-20(12)25)18(23)11-26-19(24)9-7-13-4-2-3-5-16(13)21/h2-6,8,10,12H,7,9,11H2,1H3,(H,22,25)/t12-/m1/s1. The molecule has 0 aromatic heterocycles. The van der Waals surface area contributed by atoms with E-state index >= 15 is 0 Å². The molecule has 0 saturated carbocycles. The zero-order valence-corrected chi connectivity index (χ0v) is 14.3. The van der Waals surface area contributed by atoms with E-state index in [4.69, 9.17) is 4.74 Å². The fourth-order valence-corrected chi connectivity index (χ4v) is 2.83. The maximum atomic E-state index is 13.5. The first kappa shape index (κ1) is 17.8. The highest BCUT2D eigenvalue weighted by Gasteiger charge is 2.27. The van der Waals surface area contributed by atoms with E-state index in [0.29, 0.717) is 16.8 Å². The van der Waals surface area contributed by atoms with Gasteiger partial charge in [-0.2, -0.15) is 0 Å². The van der Waals surface area contributed by atoms with E-state index in [1.54, 1.807) is 43.3 Å². The van der Waals surface area contributed by atoms with E-state index in [-0.39, 0.29) is 42.9 Å². The number of fused-ring (bicyclic) bond motifs is 1. The maximum Gasteiger partial charge on any atom is 0.306 e. The first-order chi connectivity index (χ1) is 12.5. The maximum absolute atomic E-state index is 13.5. The number of hydrogen-bond donors (Lipinski definition) is 1. The van der Waals surface area contributed by atoms with Gasteiger partial charge < -0.3 is 10.1 Å². The largest absolute Gasteiger partial charge is 0.457 e. The van der Waals surface area contributed by atoms with Crippen LogP contribution in [0.3, 0.4) is 0 Å². The van der Waals surface area contributed by atoms with Crippen molar-refractivity contribution >= 4 is 23.3 Å². The number of halogens is 1. The molecule has 0 spiro atoms. The Hall–Kier alpha value is -3.02. The molecule has 0 fully saturated rings. The number of anilines is 1. The molecule has 1 N–H and O–H groups in total. The van der Waals surface area contributed by atoms with Crippen molar-refractivity contribution < 1.29 is 23.5 Å². The predicted octanol–water partition coefficient (Wildman–Crippen LogP) is 3.24. The minimum Gasteiger partial charge on any atom is -0.457 e. The van der Waals surface area contributed by atoms with Gasteiger partial charge in [0.25, 0.3) is 0 Å². The third kappa shape index (κ3) is 3.79. The van der Waals surface area contributed by atoms with Crippen molar-refractivity contribution in [1.82, 2.24) is 0 Å². The van der Waals surface area contributed by atoms with Gasteiger partial charge in [0.15, 0.2) is 12.4 Å². The summed E-state index contributed by atoms with van der Waals surface area (Å²) in [5.74, 6) is -1.70. The average Bonchev–Trinajstić information content (AvgIpc) is 2.92. The summed E-state index contributed by atoms with van der Waals surface area (Å²) in [4.78, 5) is 35.7. The Balaban J connectivity index is 1.54. The van der Waals surface area contributed by atoms with Crippen molar-refractivity contribution in [1.29, 1.82) is 0 Å². The van der Waals surface area contributed by atoms with E-state index in [9.17, 15) is 18.8 Å². The van der Waals surface area contributed by atoms with E-state index in [1.165, 1.54) is 6.07 Å². The molecule has 3 rings (SSSR count). The Morgan fingerprint density at radius 3 is 2.73 bits per heavy atom. The quantitative estimate of drug-likeness (QED) is 0.638. The molecule has 134 valence electrons. The molecule has 1 atom stereocenters. The van der Waals surface area contributed by atoms with Crippen LogP contribution >= 0.6 is 0 Å². The number of nitrogens with one attached hydrogen (secondary N) is 1. The summed E-state index contributed by atoms with van der Waals surface area (Å²) in [5.41, 5.74) is 2.27. The highest BCUT2D eigenvalue weighted by molar-refractivity contribution is 6.05. The Morgan fingerprint density at radius 2 is 1.96 bits per heavy atom. The number of aryl methyl sites for hydroxylation is 1. The first-order valence-corrected chi connectivity index (χ1v) is 8.32. The Kier molecular flexibility index (Phi) is 5.11. The van der Waals surface area contributed by atoms with Gasteiger partial charge in [-0.15, -0.1) is 0 Å². The summed E-state index contributed by atoms with van der Waals surface area (Å²) < 4.78 is 18.5. The van der Waals surface area contributed by atoms with Crippen LogP contribution in [0.5, 0.6) is 0 Å². The molecular weight excluding hydrogens is 337 g/mol. The van der Waals surface area contributed by atoms with Crippen LogP contribution in [0.15, 0.2) is 42.5 Å². The Labute approximate surface area is 150 Å². The van der Waals surface area contributed by atoms with Crippen molar-refractivity contribution in [2.24, 2.45) is 0 Å². The molecule has 0 aliphatic carbocycles. The van der Waals surface area contributed by atoms with Crippen LogP contribution in [0.1, 0.15) is 40.7 Å². The molecule has 1 amide bonds. The van der Waals surface area contributed by atoms with Crippen LogP contribution in [-0.2, 0) is 20.7 Å². The number of carbonyl (C=O) groups is 3. The van der Waals surface area contributed by atoms with Crippen molar-refractivity contribution in [3.63, 3.8) is 0 Å². The molecule has 1 aliphatic heterocycles. The van der Waals surface area contributed by atoms with Crippen LogP contribution in [0.25, 0.3) is 0 Å². The van der Waals surface area contributed by atoms with Crippen molar-refractivity contribution in [3.8, 4) is 0 Å². The van der Waals surface area contributed by atoms with E-state index in [0.717, 1.165) is 5.56 Å². The minimum absolute atomic E-state index is 0.00609. The highest BCUT2D eigenvalue weighted by Crippen LogP contribution is 2.32. The molecule has 5 nitrogen and oxygen atoms in total. The second-order valence-electron chi connectivity index (χ2n) is 6.19. The highest BCUT2D eigenvalue weighted by atomic mass is 19.1. The number of ether oxygens (including phenoxy) is 1. The number of ketones is 1. The SMILES string of the molecule is C[C@H]1C(=O)Nc2ccc(C(=O)COC(=O)CCc3ccccc3F)cc21. The second kappa shape index (κ2) is 7.47. The number of carbonyl (C=O) groups excluding carboxylic acids is 3. The summed E-state index contributed by atoms with van der Waals surface area (Å²) in [6.45, 7) is 1.38. The average molecular weight is 355 g/mol. The zero-order chi connectivity index (χ0) is 18.7. The van der Waals surface area contributed by atoms with Crippen molar-refractivity contribution in [3.05, 3.63) is 65.0 Å². The van der Waals surface area contributed by atoms with E-state index in [1.807, 2.05) is 0 Å². The number of Topliss-reactive ketones (excluding diaryl/α,β-unsaturated/α-hetero) is 1.